The van der Waals surface area contributed by atoms with Gasteiger partial charge in [0.15, 0.2) is 5.65 Å². The smallest absolute Gasteiger partial charge is 0.157 e. The molecule has 2 aromatic rings. The number of ether oxygens (including phenoxy) is 1. The summed E-state index contributed by atoms with van der Waals surface area (Å²) in [7, 11) is 0. The molecule has 108 valence electrons. The number of rotatable bonds is 5. The second-order valence-electron chi connectivity index (χ2n) is 5.29. The van der Waals surface area contributed by atoms with Gasteiger partial charge in [-0.3, -0.25) is 0 Å². The molecule has 1 aliphatic heterocycles. The van der Waals surface area contributed by atoms with E-state index in [0.717, 1.165) is 43.2 Å². The SMILES string of the molecule is CCc1cc(NCC[C@H]2CCCCO2)n2nccc2n1. The molecule has 0 saturated carbocycles. The van der Waals surface area contributed by atoms with Crippen molar-refractivity contribution in [3.8, 4) is 0 Å². The van der Waals surface area contributed by atoms with Gasteiger partial charge in [-0.2, -0.15) is 9.61 Å². The number of anilines is 1. The van der Waals surface area contributed by atoms with Gasteiger partial charge in [-0.25, -0.2) is 4.98 Å². The topological polar surface area (TPSA) is 51.5 Å². The zero-order valence-corrected chi connectivity index (χ0v) is 12.0. The lowest BCUT2D eigenvalue weighted by Gasteiger charge is -2.22. The van der Waals surface area contributed by atoms with Crippen LogP contribution in [-0.2, 0) is 11.2 Å². The first-order valence-electron chi connectivity index (χ1n) is 7.56. The Labute approximate surface area is 119 Å². The summed E-state index contributed by atoms with van der Waals surface area (Å²) in [5.41, 5.74) is 2.00. The number of aryl methyl sites for hydroxylation is 1. The molecule has 0 spiro atoms. The van der Waals surface area contributed by atoms with Gasteiger partial charge in [0.1, 0.15) is 5.82 Å². The third kappa shape index (κ3) is 2.93. The molecule has 1 N–H and O–H groups in total. The van der Waals surface area contributed by atoms with E-state index < -0.39 is 0 Å². The van der Waals surface area contributed by atoms with Crippen molar-refractivity contribution in [2.75, 3.05) is 18.5 Å². The quantitative estimate of drug-likeness (QED) is 0.910. The summed E-state index contributed by atoms with van der Waals surface area (Å²) in [6.45, 7) is 3.95. The van der Waals surface area contributed by atoms with Gasteiger partial charge in [-0.1, -0.05) is 6.92 Å². The van der Waals surface area contributed by atoms with Crippen LogP contribution < -0.4 is 5.32 Å². The van der Waals surface area contributed by atoms with Crippen LogP contribution in [0.3, 0.4) is 0 Å². The fourth-order valence-electron chi connectivity index (χ4n) is 2.67. The molecule has 0 unspecified atom stereocenters. The predicted molar refractivity (Wildman–Crippen MR) is 79.1 cm³/mol. The van der Waals surface area contributed by atoms with Gasteiger partial charge in [0, 0.05) is 31.0 Å². The Morgan fingerprint density at radius 2 is 2.40 bits per heavy atom. The number of aromatic nitrogens is 3. The summed E-state index contributed by atoms with van der Waals surface area (Å²) in [5, 5.41) is 7.80. The summed E-state index contributed by atoms with van der Waals surface area (Å²) < 4.78 is 7.62. The van der Waals surface area contributed by atoms with Crippen LogP contribution in [0.25, 0.3) is 5.65 Å². The van der Waals surface area contributed by atoms with E-state index in [1.165, 1.54) is 19.3 Å². The third-order valence-electron chi connectivity index (χ3n) is 3.82. The Balaban J connectivity index is 1.65. The van der Waals surface area contributed by atoms with E-state index in [1.54, 1.807) is 6.20 Å². The minimum Gasteiger partial charge on any atom is -0.378 e. The van der Waals surface area contributed by atoms with Crippen molar-refractivity contribution in [2.45, 2.75) is 45.1 Å². The molecule has 0 bridgehead atoms. The third-order valence-corrected chi connectivity index (χ3v) is 3.82. The maximum absolute atomic E-state index is 5.76. The van der Waals surface area contributed by atoms with E-state index in [1.807, 2.05) is 10.6 Å². The Morgan fingerprint density at radius 3 is 3.20 bits per heavy atom. The molecule has 1 saturated heterocycles. The molecule has 5 heteroatoms. The molecule has 1 aliphatic rings. The zero-order valence-electron chi connectivity index (χ0n) is 12.0. The first kappa shape index (κ1) is 13.4. The van der Waals surface area contributed by atoms with E-state index >= 15 is 0 Å². The molecule has 0 aromatic carbocycles. The van der Waals surface area contributed by atoms with Crippen LogP contribution in [0.15, 0.2) is 18.3 Å². The van der Waals surface area contributed by atoms with Crippen LogP contribution in [-0.4, -0.2) is 33.9 Å². The summed E-state index contributed by atoms with van der Waals surface area (Å²) in [4.78, 5) is 4.55. The molecule has 3 rings (SSSR count). The average molecular weight is 274 g/mol. The van der Waals surface area contributed by atoms with Gasteiger partial charge in [0.2, 0.25) is 0 Å². The van der Waals surface area contributed by atoms with Crippen LogP contribution in [0, 0.1) is 0 Å². The highest BCUT2D eigenvalue weighted by Gasteiger charge is 2.13. The zero-order chi connectivity index (χ0) is 13.8. The average Bonchev–Trinajstić information content (AvgIpc) is 2.96. The van der Waals surface area contributed by atoms with Crippen LogP contribution in [0.5, 0.6) is 0 Å². The van der Waals surface area contributed by atoms with Crippen molar-refractivity contribution in [3.05, 3.63) is 24.0 Å². The first-order chi connectivity index (χ1) is 9.86. The predicted octanol–water partition coefficient (Wildman–Crippen LogP) is 2.66. The highest BCUT2D eigenvalue weighted by Crippen LogP contribution is 2.17. The molecular formula is C15H22N4O. The molecule has 1 atom stereocenters. The fourth-order valence-corrected chi connectivity index (χ4v) is 2.67. The van der Waals surface area contributed by atoms with Gasteiger partial charge >= 0.3 is 0 Å². The molecule has 20 heavy (non-hydrogen) atoms. The molecule has 0 radical (unpaired) electrons. The number of nitrogens with one attached hydrogen (secondary N) is 1. The minimum atomic E-state index is 0.414. The summed E-state index contributed by atoms with van der Waals surface area (Å²) in [6, 6.07) is 4.02. The van der Waals surface area contributed by atoms with Crippen LogP contribution in [0.2, 0.25) is 0 Å². The lowest BCUT2D eigenvalue weighted by Crippen LogP contribution is -2.22. The number of fused-ring (bicyclic) bond motifs is 1. The van der Waals surface area contributed by atoms with E-state index in [9.17, 15) is 0 Å². The molecule has 0 amide bonds. The largest absolute Gasteiger partial charge is 0.378 e. The lowest BCUT2D eigenvalue weighted by molar-refractivity contribution is 0.0134. The summed E-state index contributed by atoms with van der Waals surface area (Å²) >= 11 is 0. The Morgan fingerprint density at radius 1 is 1.45 bits per heavy atom. The lowest BCUT2D eigenvalue weighted by atomic mass is 10.1. The van der Waals surface area contributed by atoms with Gasteiger partial charge in [-0.15, -0.1) is 0 Å². The van der Waals surface area contributed by atoms with Crippen molar-refractivity contribution in [2.24, 2.45) is 0 Å². The van der Waals surface area contributed by atoms with Crippen molar-refractivity contribution >= 4 is 11.5 Å². The highest BCUT2D eigenvalue weighted by atomic mass is 16.5. The Kier molecular flexibility index (Phi) is 4.16. The van der Waals surface area contributed by atoms with Crippen LogP contribution >= 0.6 is 0 Å². The van der Waals surface area contributed by atoms with Crippen molar-refractivity contribution < 1.29 is 4.74 Å². The fraction of sp³-hybridized carbons (Fsp3) is 0.600. The number of hydrogen-bond acceptors (Lipinski definition) is 4. The van der Waals surface area contributed by atoms with Gasteiger partial charge in [0.05, 0.1) is 12.3 Å². The molecule has 5 nitrogen and oxygen atoms in total. The number of nitrogens with zero attached hydrogens (tertiary/aromatic N) is 3. The van der Waals surface area contributed by atoms with Crippen LogP contribution in [0.1, 0.15) is 38.3 Å². The first-order valence-corrected chi connectivity index (χ1v) is 7.56. The van der Waals surface area contributed by atoms with E-state index in [0.29, 0.717) is 6.10 Å². The monoisotopic (exact) mass is 274 g/mol. The Hall–Kier alpha value is -1.62. The maximum Gasteiger partial charge on any atom is 0.157 e. The standard InChI is InChI=1S/C15H22N4O/c1-2-12-11-15(19-14(18-12)7-9-17-19)16-8-6-13-5-3-4-10-20-13/h7,9,11,13,16H,2-6,8,10H2,1H3/t13-/m1/s1. The normalized spacial score (nSPS) is 19.4. The van der Waals surface area contributed by atoms with E-state index in [2.05, 4.69) is 28.4 Å². The molecule has 1 fully saturated rings. The second-order valence-corrected chi connectivity index (χ2v) is 5.29. The minimum absolute atomic E-state index is 0.414. The maximum atomic E-state index is 5.76. The molecule has 2 aromatic heterocycles. The molecular weight excluding hydrogens is 252 g/mol. The summed E-state index contributed by atoms with van der Waals surface area (Å²) in [6.07, 6.45) is 7.88. The second kappa shape index (κ2) is 6.22. The van der Waals surface area contributed by atoms with Gasteiger partial charge < -0.3 is 10.1 Å². The Bertz CT molecular complexity index is 560. The molecule has 3 heterocycles. The van der Waals surface area contributed by atoms with Crippen LogP contribution in [0.4, 0.5) is 5.82 Å². The molecule has 0 aliphatic carbocycles. The van der Waals surface area contributed by atoms with Crippen molar-refractivity contribution in [1.82, 2.24) is 14.6 Å². The van der Waals surface area contributed by atoms with E-state index in [-0.39, 0.29) is 0 Å². The van der Waals surface area contributed by atoms with Gasteiger partial charge in [0.25, 0.3) is 0 Å². The number of hydrogen-bond donors (Lipinski definition) is 1. The summed E-state index contributed by atoms with van der Waals surface area (Å²) in [5.74, 6) is 1.02. The van der Waals surface area contributed by atoms with Crippen molar-refractivity contribution in [1.29, 1.82) is 0 Å². The highest BCUT2D eigenvalue weighted by molar-refractivity contribution is 5.49. The van der Waals surface area contributed by atoms with E-state index in [4.69, 9.17) is 4.74 Å². The van der Waals surface area contributed by atoms with Gasteiger partial charge in [-0.05, 0) is 32.1 Å². The van der Waals surface area contributed by atoms with Crippen molar-refractivity contribution in [3.63, 3.8) is 0 Å².